The van der Waals surface area contributed by atoms with Crippen LogP contribution < -0.4 is 10.7 Å². The molecule has 4 aromatic heterocycles. The van der Waals surface area contributed by atoms with Gasteiger partial charge in [-0.25, -0.2) is 23.2 Å². The number of nitrogens with one attached hydrogen (secondary N) is 1. The number of halogens is 1. The standard InChI is InChI=1S/C28H35ClN8O4S/c1-16-5-7-19(8-6-16)15-36-25-22(32-27(36)37-17(2)13-35(14-18(37)3)42(4,39)40)10-23(26-33-28(38)41-34-26)31-24(25)20-9-21(29)12-30-11-20/h9-12,16-19H,5-8,13-15H2,1-4H3,(H,33,34,38)/t16?,17-,18-,19?/m0/s1. The number of fused-ring (bicyclic) bond motifs is 1. The third-order valence-electron chi connectivity index (χ3n) is 8.53. The van der Waals surface area contributed by atoms with Crippen LogP contribution in [0.4, 0.5) is 5.95 Å². The molecular formula is C28H35ClN8O4S. The van der Waals surface area contributed by atoms with Gasteiger partial charge >= 0.3 is 5.76 Å². The third-order valence-corrected chi connectivity index (χ3v) is 9.97. The lowest BCUT2D eigenvalue weighted by Crippen LogP contribution is -2.58. The number of aromatic amines is 1. The molecule has 12 nitrogen and oxygen atoms in total. The molecule has 1 N–H and O–H groups in total. The maximum absolute atomic E-state index is 12.4. The van der Waals surface area contributed by atoms with Crippen LogP contribution in [-0.4, -0.2) is 73.8 Å². The van der Waals surface area contributed by atoms with Gasteiger partial charge in [0.15, 0.2) is 0 Å². The Balaban J connectivity index is 1.56. The minimum Gasteiger partial charge on any atom is -0.334 e. The summed E-state index contributed by atoms with van der Waals surface area (Å²) < 4.78 is 33.4. The highest BCUT2D eigenvalue weighted by Gasteiger charge is 2.37. The predicted octanol–water partition coefficient (Wildman–Crippen LogP) is 4.17. The van der Waals surface area contributed by atoms with Gasteiger partial charge in [-0.2, -0.15) is 4.31 Å². The summed E-state index contributed by atoms with van der Waals surface area (Å²) in [6, 6.07) is 3.36. The number of H-pyrrole nitrogens is 1. The molecule has 0 spiro atoms. The summed E-state index contributed by atoms with van der Waals surface area (Å²) in [5, 5.41) is 4.33. The van der Waals surface area contributed by atoms with Gasteiger partial charge in [0.25, 0.3) is 0 Å². The number of hydrogen-bond donors (Lipinski definition) is 1. The summed E-state index contributed by atoms with van der Waals surface area (Å²) in [4.78, 5) is 31.1. The molecule has 0 aromatic carbocycles. The largest absolute Gasteiger partial charge is 0.439 e. The van der Waals surface area contributed by atoms with E-state index >= 15 is 0 Å². The highest BCUT2D eigenvalue weighted by atomic mass is 35.5. The van der Waals surface area contributed by atoms with Crippen LogP contribution >= 0.6 is 11.6 Å². The molecule has 1 saturated heterocycles. The van der Waals surface area contributed by atoms with E-state index < -0.39 is 15.8 Å². The number of anilines is 1. The van der Waals surface area contributed by atoms with Gasteiger partial charge in [0, 0.05) is 49.7 Å². The molecule has 14 heteroatoms. The summed E-state index contributed by atoms with van der Waals surface area (Å²) in [5.41, 5.74) is 3.21. The van der Waals surface area contributed by atoms with Gasteiger partial charge in [0.2, 0.25) is 21.8 Å². The quantitative estimate of drug-likeness (QED) is 0.338. The Hall–Kier alpha value is -3.29. The van der Waals surface area contributed by atoms with E-state index in [4.69, 9.17) is 26.1 Å². The molecule has 0 amide bonds. The summed E-state index contributed by atoms with van der Waals surface area (Å²) in [7, 11) is -3.34. The molecule has 224 valence electrons. The Labute approximate surface area is 249 Å². The number of hydrogen-bond acceptors (Lipinski definition) is 9. The monoisotopic (exact) mass is 614 g/mol. The minimum atomic E-state index is -3.34. The number of sulfonamides is 1. The Morgan fingerprint density at radius 1 is 1.05 bits per heavy atom. The minimum absolute atomic E-state index is 0.124. The van der Waals surface area contributed by atoms with Crippen molar-refractivity contribution in [1.29, 1.82) is 0 Å². The van der Waals surface area contributed by atoms with E-state index in [2.05, 4.69) is 31.5 Å². The topological polar surface area (TPSA) is 143 Å². The molecule has 6 rings (SSSR count). The molecule has 0 radical (unpaired) electrons. The van der Waals surface area contributed by atoms with Crippen molar-refractivity contribution in [2.75, 3.05) is 24.2 Å². The van der Waals surface area contributed by atoms with Crippen LogP contribution in [0.5, 0.6) is 0 Å². The first kappa shape index (κ1) is 28.8. The zero-order valence-electron chi connectivity index (χ0n) is 24.1. The lowest BCUT2D eigenvalue weighted by Gasteiger charge is -2.44. The first-order valence-corrected chi connectivity index (χ1v) is 16.5. The Morgan fingerprint density at radius 2 is 1.76 bits per heavy atom. The van der Waals surface area contributed by atoms with Crippen LogP contribution in [0.2, 0.25) is 5.02 Å². The fraction of sp³-hybridized carbons (Fsp3) is 0.536. The number of pyridine rings is 2. The second-order valence-electron chi connectivity index (χ2n) is 11.9. The van der Waals surface area contributed by atoms with Crippen LogP contribution in [0, 0.1) is 11.8 Å². The average Bonchev–Trinajstić information content (AvgIpc) is 3.52. The Morgan fingerprint density at radius 3 is 2.38 bits per heavy atom. The van der Waals surface area contributed by atoms with Gasteiger partial charge in [-0.1, -0.05) is 36.5 Å². The molecular weight excluding hydrogens is 580 g/mol. The third kappa shape index (κ3) is 5.57. The van der Waals surface area contributed by atoms with Crippen molar-refractivity contribution >= 4 is 38.6 Å². The van der Waals surface area contributed by atoms with Gasteiger partial charge in [-0.15, -0.1) is 0 Å². The van der Waals surface area contributed by atoms with E-state index in [1.165, 1.54) is 23.4 Å². The molecule has 1 aliphatic carbocycles. The zero-order chi connectivity index (χ0) is 29.8. The fourth-order valence-electron chi connectivity index (χ4n) is 6.43. The van der Waals surface area contributed by atoms with E-state index in [0.717, 1.165) is 30.9 Å². The molecule has 2 fully saturated rings. The zero-order valence-corrected chi connectivity index (χ0v) is 25.7. The molecule has 42 heavy (non-hydrogen) atoms. The molecule has 4 aromatic rings. The van der Waals surface area contributed by atoms with Crippen LogP contribution in [0.25, 0.3) is 33.8 Å². The van der Waals surface area contributed by atoms with Crippen molar-refractivity contribution in [2.24, 2.45) is 11.8 Å². The van der Waals surface area contributed by atoms with Gasteiger partial charge in [0.05, 0.1) is 28.0 Å². The Bertz CT molecular complexity index is 1760. The molecule has 2 aliphatic rings. The van der Waals surface area contributed by atoms with Crippen LogP contribution in [0.1, 0.15) is 46.5 Å². The summed E-state index contributed by atoms with van der Waals surface area (Å²) in [6.45, 7) is 7.84. The van der Waals surface area contributed by atoms with E-state index in [0.29, 0.717) is 52.4 Å². The first-order valence-electron chi connectivity index (χ1n) is 14.3. The highest BCUT2D eigenvalue weighted by molar-refractivity contribution is 7.88. The SMILES string of the molecule is CC1CCC(Cn2c(N3[C@@H](C)CN(S(C)(=O)=O)C[C@@H]3C)nc3cc(-c4noc(=O)[nH]4)nc(-c4cncc(Cl)c4)c32)CC1. The lowest BCUT2D eigenvalue weighted by molar-refractivity contribution is 0.262. The van der Waals surface area contributed by atoms with Crippen molar-refractivity contribution in [3.8, 4) is 22.8 Å². The maximum Gasteiger partial charge on any atom is 0.439 e. The van der Waals surface area contributed by atoms with E-state index in [9.17, 15) is 13.2 Å². The number of aromatic nitrogens is 6. The number of nitrogens with zero attached hydrogens (tertiary/aromatic N) is 7. The summed E-state index contributed by atoms with van der Waals surface area (Å²) in [5.74, 6) is 1.45. The predicted molar refractivity (Wildman–Crippen MR) is 161 cm³/mol. The second kappa shape index (κ2) is 11.1. The highest BCUT2D eigenvalue weighted by Crippen LogP contribution is 2.38. The second-order valence-corrected chi connectivity index (χ2v) is 14.3. The smallest absolute Gasteiger partial charge is 0.334 e. The molecule has 1 aliphatic heterocycles. The van der Waals surface area contributed by atoms with Crippen molar-refractivity contribution in [3.63, 3.8) is 0 Å². The summed E-state index contributed by atoms with van der Waals surface area (Å²) in [6.07, 6.45) is 9.13. The van der Waals surface area contributed by atoms with Crippen molar-refractivity contribution in [3.05, 3.63) is 40.1 Å². The molecule has 5 heterocycles. The molecule has 2 atom stereocenters. The van der Waals surface area contributed by atoms with Crippen molar-refractivity contribution < 1.29 is 12.9 Å². The Kier molecular flexibility index (Phi) is 7.60. The number of piperazine rings is 1. The average molecular weight is 615 g/mol. The van der Waals surface area contributed by atoms with Gasteiger partial charge in [0.1, 0.15) is 5.69 Å². The van der Waals surface area contributed by atoms with Crippen LogP contribution in [0.3, 0.4) is 0 Å². The van der Waals surface area contributed by atoms with Gasteiger partial charge in [-0.05, 0) is 50.7 Å². The van der Waals surface area contributed by atoms with E-state index in [1.54, 1.807) is 24.5 Å². The van der Waals surface area contributed by atoms with E-state index in [1.807, 2.05) is 13.8 Å². The summed E-state index contributed by atoms with van der Waals surface area (Å²) >= 11 is 6.38. The normalized spacial score (nSPS) is 24.0. The van der Waals surface area contributed by atoms with Crippen molar-refractivity contribution in [1.82, 2.24) is 34.0 Å². The number of imidazole rings is 1. The molecule has 0 unspecified atom stereocenters. The van der Waals surface area contributed by atoms with Gasteiger partial charge < -0.3 is 9.47 Å². The van der Waals surface area contributed by atoms with Crippen LogP contribution in [0.15, 0.2) is 33.8 Å². The molecule has 1 saturated carbocycles. The maximum atomic E-state index is 12.4. The van der Waals surface area contributed by atoms with Gasteiger partial charge in [-0.3, -0.25) is 14.5 Å². The first-order chi connectivity index (χ1) is 20.0. The molecule has 0 bridgehead atoms. The fourth-order valence-corrected chi connectivity index (χ4v) is 7.57. The lowest BCUT2D eigenvalue weighted by atomic mass is 9.83. The number of rotatable bonds is 6. The van der Waals surface area contributed by atoms with Crippen LogP contribution in [-0.2, 0) is 16.6 Å². The van der Waals surface area contributed by atoms with Crippen molar-refractivity contribution in [2.45, 2.75) is 65.1 Å². The van der Waals surface area contributed by atoms with E-state index in [-0.39, 0.29) is 17.9 Å².